The number of pyridine rings is 1. The Morgan fingerprint density at radius 1 is 1.57 bits per heavy atom. The van der Waals surface area contributed by atoms with Crippen molar-refractivity contribution in [1.82, 2.24) is 4.98 Å². The minimum Gasteiger partial charge on any atom is -0.248 e. The topological polar surface area (TPSA) is 36.7 Å². The largest absolute Gasteiger partial charge is 0.280 e. The molecule has 5 heteroatoms. The summed E-state index contributed by atoms with van der Waals surface area (Å²) in [5.41, 5.74) is -0.627. The molecule has 0 N–H and O–H groups in total. The van der Waals surface area contributed by atoms with Gasteiger partial charge in [-0.25, -0.2) is 18.2 Å². The summed E-state index contributed by atoms with van der Waals surface area (Å²) in [6.07, 6.45) is -3.04. The smallest absolute Gasteiger partial charge is 0.248 e. The van der Waals surface area contributed by atoms with Gasteiger partial charge in [0.1, 0.15) is 11.5 Å². The average Bonchev–Trinajstić information content (AvgIpc) is 2.12. The average molecular weight is 200 g/mol. The van der Waals surface area contributed by atoms with E-state index >= 15 is 0 Å². The maximum absolute atomic E-state index is 13.2. The second kappa shape index (κ2) is 4.09. The van der Waals surface area contributed by atoms with E-state index in [9.17, 15) is 13.2 Å². The van der Waals surface area contributed by atoms with Gasteiger partial charge in [0.25, 0.3) is 6.43 Å². The summed E-state index contributed by atoms with van der Waals surface area (Å²) in [7, 11) is 0. The van der Waals surface area contributed by atoms with Gasteiger partial charge in [0, 0.05) is 0 Å². The summed E-state index contributed by atoms with van der Waals surface area (Å²) in [5, 5.41) is 8.32. The lowest BCUT2D eigenvalue weighted by atomic mass is 10.1. The van der Waals surface area contributed by atoms with Gasteiger partial charge < -0.3 is 0 Å². The summed E-state index contributed by atoms with van der Waals surface area (Å²) in [4.78, 5) is 3.37. The van der Waals surface area contributed by atoms with Crippen molar-refractivity contribution in [2.45, 2.75) is 19.8 Å². The maximum Gasteiger partial charge on any atom is 0.280 e. The minimum absolute atomic E-state index is 0.0838. The third-order valence-electron chi connectivity index (χ3n) is 1.70. The van der Waals surface area contributed by atoms with Gasteiger partial charge in [-0.15, -0.1) is 0 Å². The van der Waals surface area contributed by atoms with Crippen molar-refractivity contribution in [3.05, 3.63) is 28.8 Å². The Morgan fingerprint density at radius 3 is 2.71 bits per heavy atom. The van der Waals surface area contributed by atoms with E-state index in [1.807, 2.05) is 0 Å². The Kier molecular flexibility index (Phi) is 3.07. The lowest BCUT2D eigenvalue weighted by Gasteiger charge is -2.05. The fourth-order valence-corrected chi connectivity index (χ4v) is 1.05. The minimum atomic E-state index is -2.74. The Balaban J connectivity index is 3.22. The van der Waals surface area contributed by atoms with Crippen molar-refractivity contribution in [3.63, 3.8) is 0 Å². The summed E-state index contributed by atoms with van der Waals surface area (Å²) in [6, 6.07) is 2.66. The van der Waals surface area contributed by atoms with Crippen molar-refractivity contribution in [2.24, 2.45) is 0 Å². The van der Waals surface area contributed by atoms with Crippen LogP contribution in [0.1, 0.15) is 23.4 Å². The zero-order valence-electron chi connectivity index (χ0n) is 7.39. The van der Waals surface area contributed by atoms with Crippen LogP contribution in [0.3, 0.4) is 0 Å². The first-order chi connectivity index (χ1) is 6.56. The third kappa shape index (κ3) is 2.02. The highest BCUT2D eigenvalue weighted by Gasteiger charge is 2.15. The van der Waals surface area contributed by atoms with Crippen molar-refractivity contribution in [2.75, 3.05) is 0 Å². The molecule has 1 aromatic rings. The fourth-order valence-electron chi connectivity index (χ4n) is 1.05. The molecule has 0 aromatic carbocycles. The van der Waals surface area contributed by atoms with Gasteiger partial charge >= 0.3 is 0 Å². The number of hydrogen-bond acceptors (Lipinski definition) is 2. The van der Waals surface area contributed by atoms with Crippen molar-refractivity contribution < 1.29 is 13.2 Å². The number of aromatic nitrogens is 1. The maximum atomic E-state index is 13.2. The first-order valence-corrected chi connectivity index (χ1v) is 3.87. The number of hydrogen-bond donors (Lipinski definition) is 0. The van der Waals surface area contributed by atoms with Crippen LogP contribution in [0.15, 0.2) is 6.07 Å². The van der Waals surface area contributed by atoms with Crippen LogP contribution >= 0.6 is 0 Å². The van der Waals surface area contributed by atoms with E-state index in [4.69, 9.17) is 5.26 Å². The highest BCUT2D eigenvalue weighted by atomic mass is 19.3. The normalized spacial score (nSPS) is 10.3. The highest BCUT2D eigenvalue weighted by Crippen LogP contribution is 2.20. The SMILES string of the molecule is Cc1cc(C(F)F)nc(CC#N)c1F. The molecular weight excluding hydrogens is 193 g/mol. The van der Waals surface area contributed by atoms with E-state index in [1.54, 1.807) is 6.07 Å². The van der Waals surface area contributed by atoms with E-state index in [0.717, 1.165) is 6.07 Å². The van der Waals surface area contributed by atoms with Crippen LogP contribution in [0.25, 0.3) is 0 Å². The Hall–Kier alpha value is -1.57. The van der Waals surface area contributed by atoms with Gasteiger partial charge in [0.05, 0.1) is 18.2 Å². The molecule has 2 nitrogen and oxygen atoms in total. The van der Waals surface area contributed by atoms with Crippen LogP contribution in [0.2, 0.25) is 0 Å². The molecule has 0 fully saturated rings. The van der Waals surface area contributed by atoms with Crippen LogP contribution in [0.4, 0.5) is 13.2 Å². The molecule has 0 atom stereocenters. The quantitative estimate of drug-likeness (QED) is 0.735. The van der Waals surface area contributed by atoms with Crippen molar-refractivity contribution in [3.8, 4) is 6.07 Å². The van der Waals surface area contributed by atoms with Gasteiger partial charge in [-0.3, -0.25) is 0 Å². The number of nitriles is 1. The third-order valence-corrected chi connectivity index (χ3v) is 1.70. The molecule has 0 saturated carbocycles. The number of nitrogens with zero attached hydrogens (tertiary/aromatic N) is 2. The summed E-state index contributed by atoms with van der Waals surface area (Å²) >= 11 is 0. The van der Waals surface area contributed by atoms with Gasteiger partial charge in [0.2, 0.25) is 0 Å². The molecule has 0 aliphatic heterocycles. The molecule has 0 spiro atoms. The van der Waals surface area contributed by atoms with Gasteiger partial charge in [-0.1, -0.05) is 0 Å². The van der Waals surface area contributed by atoms with Gasteiger partial charge in [-0.05, 0) is 18.6 Å². The zero-order valence-corrected chi connectivity index (χ0v) is 7.39. The molecular formula is C9H7F3N2. The lowest BCUT2D eigenvalue weighted by molar-refractivity contribution is 0.145. The summed E-state index contributed by atoms with van der Waals surface area (Å²) < 4.78 is 37.6. The second-order valence-electron chi connectivity index (χ2n) is 2.76. The van der Waals surface area contributed by atoms with E-state index in [1.165, 1.54) is 6.92 Å². The first-order valence-electron chi connectivity index (χ1n) is 3.87. The number of halogens is 3. The summed E-state index contributed by atoms with van der Waals surface area (Å²) in [5.74, 6) is -0.684. The molecule has 1 rings (SSSR count). The Morgan fingerprint density at radius 2 is 2.21 bits per heavy atom. The van der Waals surface area contributed by atoms with Crippen LogP contribution in [0, 0.1) is 24.1 Å². The van der Waals surface area contributed by atoms with Crippen LogP contribution in [0.5, 0.6) is 0 Å². The monoisotopic (exact) mass is 200 g/mol. The van der Waals surface area contributed by atoms with Crippen molar-refractivity contribution in [1.29, 1.82) is 5.26 Å². The van der Waals surface area contributed by atoms with Crippen LogP contribution < -0.4 is 0 Å². The summed E-state index contributed by atoms with van der Waals surface area (Å²) in [6.45, 7) is 1.36. The van der Waals surface area contributed by atoms with Gasteiger partial charge in [0.15, 0.2) is 0 Å². The predicted molar refractivity (Wildman–Crippen MR) is 43.2 cm³/mol. The second-order valence-corrected chi connectivity index (χ2v) is 2.76. The van der Waals surface area contributed by atoms with Crippen LogP contribution in [-0.2, 0) is 6.42 Å². The number of rotatable bonds is 2. The van der Waals surface area contributed by atoms with E-state index in [0.29, 0.717) is 0 Å². The molecule has 0 radical (unpaired) electrons. The number of alkyl halides is 2. The molecule has 0 unspecified atom stereocenters. The van der Waals surface area contributed by atoms with E-state index in [-0.39, 0.29) is 17.7 Å². The van der Waals surface area contributed by atoms with E-state index < -0.39 is 17.9 Å². The lowest BCUT2D eigenvalue weighted by Crippen LogP contribution is -2.02. The first kappa shape index (κ1) is 10.5. The molecule has 0 aliphatic carbocycles. The molecule has 0 aliphatic rings. The Bertz CT molecular complexity index is 382. The van der Waals surface area contributed by atoms with Gasteiger partial charge in [-0.2, -0.15) is 5.26 Å². The molecule has 1 aromatic heterocycles. The zero-order chi connectivity index (χ0) is 10.7. The number of aryl methyl sites for hydroxylation is 1. The van der Waals surface area contributed by atoms with Crippen LogP contribution in [-0.4, -0.2) is 4.98 Å². The predicted octanol–water partition coefficient (Wildman–Crippen LogP) is 2.53. The van der Waals surface area contributed by atoms with E-state index in [2.05, 4.69) is 4.98 Å². The Labute approximate surface area is 79.0 Å². The molecule has 0 amide bonds. The molecule has 14 heavy (non-hydrogen) atoms. The standard InChI is InChI=1S/C9H7F3N2/c1-5-4-7(9(11)12)14-6(2-3-13)8(5)10/h4,9H,2H2,1H3. The molecule has 74 valence electrons. The molecule has 0 bridgehead atoms. The highest BCUT2D eigenvalue weighted by molar-refractivity contribution is 5.24. The fraction of sp³-hybridized carbons (Fsp3) is 0.333. The molecule has 1 heterocycles. The molecule has 0 saturated heterocycles. The van der Waals surface area contributed by atoms with Crippen molar-refractivity contribution >= 4 is 0 Å².